The van der Waals surface area contributed by atoms with Crippen molar-refractivity contribution in [2.75, 3.05) is 0 Å². The van der Waals surface area contributed by atoms with Gasteiger partial charge in [-0.3, -0.25) is 0 Å². The predicted octanol–water partition coefficient (Wildman–Crippen LogP) is 3.19. The van der Waals surface area contributed by atoms with Crippen molar-refractivity contribution in [1.82, 2.24) is 0 Å². The second-order valence-electron chi connectivity index (χ2n) is 2.05. The summed E-state index contributed by atoms with van der Waals surface area (Å²) < 4.78 is 49.4. The average molecular weight is 242 g/mol. The summed E-state index contributed by atoms with van der Waals surface area (Å²) in [5, 5.41) is 0. The van der Waals surface area contributed by atoms with Crippen LogP contribution in [-0.2, 0) is 0 Å². The molecule has 5 heteroatoms. The molecule has 0 fully saturated rings. The molecule has 0 aliphatic rings. The van der Waals surface area contributed by atoms with Crippen LogP contribution in [0.5, 0.6) is 0 Å². The van der Waals surface area contributed by atoms with E-state index in [0.29, 0.717) is 0 Å². The minimum absolute atomic E-state index is 0.857. The maximum absolute atomic E-state index is 12.6. The van der Waals surface area contributed by atoms with Gasteiger partial charge in [-0.2, -0.15) is 0 Å². The lowest BCUT2D eigenvalue weighted by Crippen LogP contribution is -2.00. The van der Waals surface area contributed by atoms with Gasteiger partial charge in [-0.1, -0.05) is 0 Å². The van der Waals surface area contributed by atoms with Gasteiger partial charge >= 0.3 is 0 Å². The fraction of sp³-hybridized carbons (Fsp3) is 0. The molecule has 0 aromatic heterocycles. The number of hydrogen-bond donors (Lipinski definition) is 0. The van der Waals surface area contributed by atoms with Crippen LogP contribution in [-0.4, -0.2) is 0 Å². The van der Waals surface area contributed by atoms with Gasteiger partial charge in [0.15, 0.2) is 23.3 Å². The SMILES string of the molecule is [CH2]c1c(F)c(F)c(Br)c(F)c1F. The van der Waals surface area contributed by atoms with Crippen molar-refractivity contribution in [1.29, 1.82) is 0 Å². The van der Waals surface area contributed by atoms with Crippen LogP contribution in [0, 0.1) is 30.2 Å². The highest BCUT2D eigenvalue weighted by atomic mass is 79.9. The molecule has 0 unspecified atom stereocenters. The van der Waals surface area contributed by atoms with Crippen LogP contribution in [0.15, 0.2) is 4.47 Å². The normalized spacial score (nSPS) is 10.5. The lowest BCUT2D eigenvalue weighted by Gasteiger charge is -2.03. The second kappa shape index (κ2) is 3.05. The van der Waals surface area contributed by atoms with E-state index < -0.39 is 33.3 Å². The highest BCUT2D eigenvalue weighted by Crippen LogP contribution is 2.27. The smallest absolute Gasteiger partial charge is 0.176 e. The molecule has 0 aliphatic carbocycles. The molecule has 0 heterocycles. The molecule has 0 bridgehead atoms. The van der Waals surface area contributed by atoms with E-state index in [1.54, 1.807) is 0 Å². The molecule has 0 aliphatic heterocycles. The van der Waals surface area contributed by atoms with Crippen molar-refractivity contribution in [3.05, 3.63) is 40.2 Å². The largest absolute Gasteiger partial charge is 0.203 e. The summed E-state index contributed by atoms with van der Waals surface area (Å²) in [6, 6.07) is 0. The van der Waals surface area contributed by atoms with E-state index in [9.17, 15) is 17.6 Å². The third kappa shape index (κ3) is 1.22. The first-order valence-electron chi connectivity index (χ1n) is 2.80. The minimum Gasteiger partial charge on any atom is -0.203 e. The van der Waals surface area contributed by atoms with E-state index in [0.717, 1.165) is 0 Å². The van der Waals surface area contributed by atoms with Crippen LogP contribution in [0.2, 0.25) is 0 Å². The quantitative estimate of drug-likeness (QED) is 0.372. The Morgan fingerprint density at radius 2 is 1.17 bits per heavy atom. The fourth-order valence-corrected chi connectivity index (χ4v) is 0.998. The highest BCUT2D eigenvalue weighted by Gasteiger charge is 2.20. The van der Waals surface area contributed by atoms with Gasteiger partial charge in [0.05, 0.1) is 4.47 Å². The van der Waals surface area contributed by atoms with Crippen LogP contribution in [0.3, 0.4) is 0 Å². The van der Waals surface area contributed by atoms with Crippen molar-refractivity contribution in [3.8, 4) is 0 Å². The van der Waals surface area contributed by atoms with Crippen LogP contribution in [0.4, 0.5) is 17.6 Å². The Morgan fingerprint density at radius 3 is 1.50 bits per heavy atom. The Balaban J connectivity index is 3.60. The molecule has 12 heavy (non-hydrogen) atoms. The zero-order valence-corrected chi connectivity index (χ0v) is 7.18. The monoisotopic (exact) mass is 241 g/mol. The van der Waals surface area contributed by atoms with Gasteiger partial charge in [-0.25, -0.2) is 17.6 Å². The maximum atomic E-state index is 12.6. The first-order valence-corrected chi connectivity index (χ1v) is 3.59. The zero-order valence-electron chi connectivity index (χ0n) is 5.60. The molecule has 0 spiro atoms. The van der Waals surface area contributed by atoms with Crippen molar-refractivity contribution >= 4 is 15.9 Å². The Hall–Kier alpha value is -0.580. The molecule has 1 rings (SSSR count). The molecule has 0 atom stereocenters. The molecule has 0 nitrogen and oxygen atoms in total. The van der Waals surface area contributed by atoms with Crippen molar-refractivity contribution in [2.45, 2.75) is 0 Å². The number of halogens is 5. The lowest BCUT2D eigenvalue weighted by atomic mass is 10.2. The maximum Gasteiger partial charge on any atom is 0.176 e. The third-order valence-corrected chi connectivity index (χ3v) is 2.00. The van der Waals surface area contributed by atoms with Gasteiger partial charge in [-0.15, -0.1) is 0 Å². The van der Waals surface area contributed by atoms with Crippen LogP contribution < -0.4 is 0 Å². The third-order valence-electron chi connectivity index (χ3n) is 1.30. The lowest BCUT2D eigenvalue weighted by molar-refractivity contribution is 0.442. The summed E-state index contributed by atoms with van der Waals surface area (Å²) in [7, 11) is 0. The average Bonchev–Trinajstić information content (AvgIpc) is 2.08. The summed E-state index contributed by atoms with van der Waals surface area (Å²) in [5.74, 6) is -5.92. The number of benzene rings is 1. The topological polar surface area (TPSA) is 0 Å². The van der Waals surface area contributed by atoms with E-state index in [1.807, 2.05) is 0 Å². The van der Waals surface area contributed by atoms with Crippen molar-refractivity contribution in [2.24, 2.45) is 0 Å². The molecular formula is C7H2BrF4. The molecule has 1 radical (unpaired) electrons. The Kier molecular flexibility index (Phi) is 2.41. The number of hydrogen-bond acceptors (Lipinski definition) is 0. The number of rotatable bonds is 0. The van der Waals surface area contributed by atoms with E-state index in [1.165, 1.54) is 0 Å². The molecule has 1 aromatic rings. The summed E-state index contributed by atoms with van der Waals surface area (Å²) in [4.78, 5) is 0. The first kappa shape index (κ1) is 9.51. The van der Waals surface area contributed by atoms with E-state index in [-0.39, 0.29) is 0 Å². The van der Waals surface area contributed by atoms with Crippen molar-refractivity contribution < 1.29 is 17.6 Å². The summed E-state index contributed by atoms with van der Waals surface area (Å²) >= 11 is 2.36. The molecule has 0 N–H and O–H groups in total. The van der Waals surface area contributed by atoms with Crippen molar-refractivity contribution in [3.63, 3.8) is 0 Å². The molecule has 1 aromatic carbocycles. The van der Waals surface area contributed by atoms with Gasteiger partial charge < -0.3 is 0 Å². The minimum atomic E-state index is -1.49. The van der Waals surface area contributed by atoms with Gasteiger partial charge in [0.2, 0.25) is 0 Å². The van der Waals surface area contributed by atoms with E-state index in [4.69, 9.17) is 0 Å². The molecule has 65 valence electrons. The summed E-state index contributed by atoms with van der Waals surface area (Å²) in [6.07, 6.45) is 0. The first-order chi connectivity index (χ1) is 5.46. The predicted molar refractivity (Wildman–Crippen MR) is 38.4 cm³/mol. The van der Waals surface area contributed by atoms with Crippen LogP contribution in [0.25, 0.3) is 0 Å². The molecule has 0 amide bonds. The molecular weight excluding hydrogens is 240 g/mol. The van der Waals surface area contributed by atoms with Gasteiger partial charge in [0, 0.05) is 5.56 Å². The second-order valence-corrected chi connectivity index (χ2v) is 2.84. The zero-order chi connectivity index (χ0) is 9.46. The Labute approximate surface area is 74.3 Å². The fourth-order valence-electron chi connectivity index (χ4n) is 0.650. The summed E-state index contributed by atoms with van der Waals surface area (Å²) in [6.45, 7) is 2.83. The highest BCUT2D eigenvalue weighted by molar-refractivity contribution is 9.10. The molecule has 0 saturated carbocycles. The van der Waals surface area contributed by atoms with Crippen LogP contribution >= 0.6 is 15.9 Å². The van der Waals surface area contributed by atoms with E-state index >= 15 is 0 Å². The van der Waals surface area contributed by atoms with Gasteiger partial charge in [0.1, 0.15) is 0 Å². The Morgan fingerprint density at radius 1 is 0.833 bits per heavy atom. The van der Waals surface area contributed by atoms with Gasteiger partial charge in [0.25, 0.3) is 0 Å². The Bertz CT molecular complexity index is 230. The van der Waals surface area contributed by atoms with Crippen LogP contribution in [0.1, 0.15) is 5.56 Å². The summed E-state index contributed by atoms with van der Waals surface area (Å²) in [5.41, 5.74) is -0.909. The standard InChI is InChI=1S/C7H2BrF4/c1-2-4(9)6(11)3(8)7(12)5(2)10/h1H2. The molecule has 0 saturated heterocycles. The van der Waals surface area contributed by atoms with E-state index in [2.05, 4.69) is 22.9 Å². The van der Waals surface area contributed by atoms with Gasteiger partial charge in [-0.05, 0) is 22.9 Å².